The van der Waals surface area contributed by atoms with Gasteiger partial charge in [0.25, 0.3) is 0 Å². The Morgan fingerprint density at radius 1 is 1.62 bits per heavy atom. The van der Waals surface area contributed by atoms with E-state index in [1.165, 1.54) is 11.3 Å². The molecule has 0 unspecified atom stereocenters. The number of nitrogens with two attached hydrogens (primary N) is 2. The van der Waals surface area contributed by atoms with Crippen LogP contribution in [0.1, 0.15) is 12.1 Å². The quantitative estimate of drug-likeness (QED) is 0.438. The van der Waals surface area contributed by atoms with Gasteiger partial charge in [0.15, 0.2) is 5.96 Å². The first kappa shape index (κ1) is 13.3. The van der Waals surface area contributed by atoms with Crippen LogP contribution in [0.25, 0.3) is 0 Å². The average Bonchev–Trinajstić information content (AvgIpc) is 2.64. The molecule has 0 saturated heterocycles. The number of nitrogens with zero attached hydrogens (tertiary/aromatic N) is 2. The number of rotatable bonds is 7. The summed E-state index contributed by atoms with van der Waals surface area (Å²) < 4.78 is 4.97. The molecule has 4 N–H and O–H groups in total. The topological polar surface area (TPSA) is 86.5 Å². The summed E-state index contributed by atoms with van der Waals surface area (Å²) in [6.07, 6.45) is 1.06. The molecular formula is C9H16N4OS2. The Hall–Kier alpha value is -0.790. The smallest absolute Gasteiger partial charge is 0.212 e. The molecule has 0 aliphatic heterocycles. The van der Waals surface area contributed by atoms with E-state index in [1.807, 2.05) is 17.1 Å². The van der Waals surface area contributed by atoms with Crippen LogP contribution < -0.4 is 11.5 Å². The number of aromatic nitrogens is 1. The fourth-order valence-electron chi connectivity index (χ4n) is 1.01. The molecule has 5 nitrogen and oxygen atoms in total. The van der Waals surface area contributed by atoms with Gasteiger partial charge in [-0.15, -0.1) is 11.3 Å². The maximum Gasteiger partial charge on any atom is 0.212 e. The maximum atomic E-state index is 5.26. The zero-order chi connectivity index (χ0) is 11.8. The van der Waals surface area contributed by atoms with Gasteiger partial charge in [0.2, 0.25) is 5.13 Å². The zero-order valence-corrected chi connectivity index (χ0v) is 10.8. The van der Waals surface area contributed by atoms with E-state index < -0.39 is 0 Å². The number of thioether (sulfide) groups is 1. The lowest BCUT2D eigenvalue weighted by molar-refractivity contribution is 0.200. The van der Waals surface area contributed by atoms with Crippen LogP contribution in [-0.4, -0.2) is 30.4 Å². The van der Waals surface area contributed by atoms with Crippen molar-refractivity contribution in [3.8, 4) is 0 Å². The Bertz CT molecular complexity index is 336. The number of methoxy groups -OCH3 is 1. The van der Waals surface area contributed by atoms with E-state index in [4.69, 9.17) is 16.2 Å². The van der Waals surface area contributed by atoms with Crippen LogP contribution >= 0.6 is 23.1 Å². The van der Waals surface area contributed by atoms with Crippen LogP contribution in [-0.2, 0) is 10.5 Å². The number of aliphatic imine (C=N–C) groups is 1. The van der Waals surface area contributed by atoms with Gasteiger partial charge in [-0.05, 0) is 12.2 Å². The average molecular weight is 260 g/mol. The van der Waals surface area contributed by atoms with Crippen molar-refractivity contribution in [3.63, 3.8) is 0 Å². The van der Waals surface area contributed by atoms with Crippen molar-refractivity contribution in [1.82, 2.24) is 4.98 Å². The predicted molar refractivity (Wildman–Crippen MR) is 70.2 cm³/mol. The molecule has 1 aromatic heterocycles. The van der Waals surface area contributed by atoms with E-state index in [-0.39, 0.29) is 5.96 Å². The van der Waals surface area contributed by atoms with Gasteiger partial charge in [-0.3, -0.25) is 0 Å². The van der Waals surface area contributed by atoms with E-state index in [0.29, 0.717) is 5.13 Å². The Labute approximate surface area is 103 Å². The summed E-state index contributed by atoms with van der Waals surface area (Å²) in [6.45, 7) is 0.809. The van der Waals surface area contributed by atoms with Crippen LogP contribution in [0, 0.1) is 0 Å². The molecule has 0 saturated carbocycles. The van der Waals surface area contributed by atoms with Crippen molar-refractivity contribution >= 4 is 34.2 Å². The minimum absolute atomic E-state index is 0.0497. The van der Waals surface area contributed by atoms with Gasteiger partial charge >= 0.3 is 0 Å². The molecule has 0 fully saturated rings. The number of hydrogen-bond acceptors (Lipinski definition) is 5. The molecule has 0 amide bonds. The molecule has 7 heteroatoms. The lowest BCUT2D eigenvalue weighted by Crippen LogP contribution is -2.21. The zero-order valence-electron chi connectivity index (χ0n) is 9.18. The summed E-state index contributed by atoms with van der Waals surface area (Å²) in [4.78, 5) is 8.18. The number of hydrogen-bond donors (Lipinski definition) is 2. The molecule has 0 spiro atoms. The third kappa shape index (κ3) is 5.34. The second-order valence-electron chi connectivity index (χ2n) is 3.06. The van der Waals surface area contributed by atoms with Crippen molar-refractivity contribution in [2.75, 3.05) is 19.5 Å². The third-order valence-electron chi connectivity index (χ3n) is 1.65. The maximum absolute atomic E-state index is 5.26. The minimum atomic E-state index is 0.0497. The second kappa shape index (κ2) is 7.48. The van der Waals surface area contributed by atoms with Crippen LogP contribution in [0.3, 0.4) is 0 Å². The van der Waals surface area contributed by atoms with Crippen molar-refractivity contribution < 1.29 is 4.74 Å². The van der Waals surface area contributed by atoms with Gasteiger partial charge in [0, 0.05) is 24.8 Å². The summed E-state index contributed by atoms with van der Waals surface area (Å²) in [5.41, 5.74) is 11.5. The summed E-state index contributed by atoms with van der Waals surface area (Å²) in [7, 11) is 1.71. The Kier molecular flexibility index (Phi) is 6.20. The van der Waals surface area contributed by atoms with Crippen molar-refractivity contribution in [2.24, 2.45) is 16.5 Å². The first-order chi connectivity index (χ1) is 7.72. The van der Waals surface area contributed by atoms with E-state index >= 15 is 0 Å². The number of thiazole rings is 1. The summed E-state index contributed by atoms with van der Waals surface area (Å²) >= 11 is 3.28. The van der Waals surface area contributed by atoms with Crippen molar-refractivity contribution in [3.05, 3.63) is 11.1 Å². The standard InChI is InChI=1S/C9H16N4OS2/c1-14-3-2-4-15-5-7-6-16-9(12-7)13-8(10)11/h6H,2-5H2,1H3,(H4,10,11,12,13). The lowest BCUT2D eigenvalue weighted by atomic mass is 10.5. The van der Waals surface area contributed by atoms with E-state index in [2.05, 4.69) is 9.98 Å². The Balaban J connectivity index is 2.27. The number of ether oxygens (including phenoxy) is 1. The van der Waals surface area contributed by atoms with Crippen LogP contribution in [0.15, 0.2) is 10.4 Å². The second-order valence-corrected chi connectivity index (χ2v) is 5.00. The van der Waals surface area contributed by atoms with E-state index in [9.17, 15) is 0 Å². The molecule has 0 aliphatic rings. The Morgan fingerprint density at radius 3 is 3.12 bits per heavy atom. The number of guanidine groups is 1. The normalized spacial score (nSPS) is 10.3. The van der Waals surface area contributed by atoms with Gasteiger partial charge < -0.3 is 16.2 Å². The summed E-state index contributed by atoms with van der Waals surface area (Å²) in [5.74, 6) is 2.01. The highest BCUT2D eigenvalue weighted by atomic mass is 32.2. The van der Waals surface area contributed by atoms with Gasteiger partial charge in [-0.1, -0.05) is 0 Å². The van der Waals surface area contributed by atoms with Crippen LogP contribution in [0.2, 0.25) is 0 Å². The molecule has 1 rings (SSSR count). The van der Waals surface area contributed by atoms with Crippen LogP contribution in [0.5, 0.6) is 0 Å². The molecule has 0 aliphatic carbocycles. The first-order valence-electron chi connectivity index (χ1n) is 4.83. The molecule has 1 heterocycles. The monoisotopic (exact) mass is 260 g/mol. The highest BCUT2D eigenvalue weighted by Gasteiger charge is 2.01. The first-order valence-corrected chi connectivity index (χ1v) is 6.86. The fraction of sp³-hybridized carbons (Fsp3) is 0.556. The molecule has 0 bridgehead atoms. The van der Waals surface area contributed by atoms with Crippen LogP contribution in [0.4, 0.5) is 5.13 Å². The highest BCUT2D eigenvalue weighted by molar-refractivity contribution is 7.98. The summed E-state index contributed by atoms with van der Waals surface area (Å²) in [5, 5.41) is 2.60. The Morgan fingerprint density at radius 2 is 2.44 bits per heavy atom. The molecule has 0 radical (unpaired) electrons. The molecule has 16 heavy (non-hydrogen) atoms. The van der Waals surface area contributed by atoms with E-state index in [1.54, 1.807) is 7.11 Å². The molecular weight excluding hydrogens is 244 g/mol. The molecule has 0 aromatic carbocycles. The van der Waals surface area contributed by atoms with Gasteiger partial charge in [-0.2, -0.15) is 16.8 Å². The fourth-order valence-corrected chi connectivity index (χ4v) is 2.64. The molecule has 1 aromatic rings. The van der Waals surface area contributed by atoms with E-state index in [0.717, 1.165) is 30.2 Å². The lowest BCUT2D eigenvalue weighted by Gasteiger charge is -1.98. The largest absolute Gasteiger partial charge is 0.385 e. The van der Waals surface area contributed by atoms with Gasteiger partial charge in [0.05, 0.1) is 5.69 Å². The predicted octanol–water partition coefficient (Wildman–Crippen LogP) is 1.32. The highest BCUT2D eigenvalue weighted by Crippen LogP contribution is 2.21. The minimum Gasteiger partial charge on any atom is -0.385 e. The van der Waals surface area contributed by atoms with Crippen molar-refractivity contribution in [1.29, 1.82) is 0 Å². The third-order valence-corrected chi connectivity index (χ3v) is 3.51. The van der Waals surface area contributed by atoms with Gasteiger partial charge in [0.1, 0.15) is 0 Å². The van der Waals surface area contributed by atoms with Gasteiger partial charge in [-0.25, -0.2) is 4.98 Å². The molecule has 90 valence electrons. The molecule has 0 atom stereocenters. The summed E-state index contributed by atoms with van der Waals surface area (Å²) in [6, 6.07) is 0. The SMILES string of the molecule is COCCCSCc1csc(N=C(N)N)n1. The van der Waals surface area contributed by atoms with Crippen molar-refractivity contribution in [2.45, 2.75) is 12.2 Å².